The molecule has 0 bridgehead atoms. The molecule has 0 saturated heterocycles. The Balaban J connectivity index is 1.91. The van der Waals surface area contributed by atoms with Crippen LogP contribution >= 0.6 is 0 Å². The Morgan fingerprint density at radius 2 is 1.81 bits per heavy atom. The van der Waals surface area contributed by atoms with E-state index in [2.05, 4.69) is 41.4 Å². The van der Waals surface area contributed by atoms with Gasteiger partial charge in [-0.05, 0) is 17.7 Å². The Labute approximate surface area is 154 Å². The van der Waals surface area contributed by atoms with Crippen LogP contribution in [0.3, 0.4) is 0 Å². The fourth-order valence-electron chi connectivity index (χ4n) is 2.30. The van der Waals surface area contributed by atoms with Gasteiger partial charge < -0.3 is 24.5 Å². The summed E-state index contributed by atoms with van der Waals surface area (Å²) in [5.41, 5.74) is 0.996. The van der Waals surface area contributed by atoms with Gasteiger partial charge in [0.25, 0.3) is 0 Å². The summed E-state index contributed by atoms with van der Waals surface area (Å²) in [4.78, 5) is 8.53. The van der Waals surface area contributed by atoms with Crippen LogP contribution in [0, 0.1) is 0 Å². The minimum atomic E-state index is -0.0569. The van der Waals surface area contributed by atoms with Crippen molar-refractivity contribution in [3.63, 3.8) is 0 Å². The molecule has 26 heavy (non-hydrogen) atoms. The van der Waals surface area contributed by atoms with E-state index in [0.29, 0.717) is 36.4 Å². The molecular weight excluding hydrogens is 332 g/mol. The average molecular weight is 360 g/mol. The predicted molar refractivity (Wildman–Crippen MR) is 102 cm³/mol. The summed E-state index contributed by atoms with van der Waals surface area (Å²) in [5.74, 6) is 3.56. The minimum absolute atomic E-state index is 0.0569. The van der Waals surface area contributed by atoms with Crippen molar-refractivity contribution in [2.75, 3.05) is 21.3 Å². The highest BCUT2D eigenvalue weighted by molar-refractivity contribution is 5.79. The fraction of sp³-hybridized carbons (Fsp3) is 0.474. The summed E-state index contributed by atoms with van der Waals surface area (Å²) in [7, 11) is 4.97. The lowest BCUT2D eigenvalue weighted by atomic mass is 9.94. The molecule has 0 aliphatic rings. The second-order valence-electron chi connectivity index (χ2n) is 6.84. The maximum atomic E-state index is 5.77. The van der Waals surface area contributed by atoms with Crippen LogP contribution in [0.2, 0.25) is 0 Å². The Hall–Kier alpha value is -2.70. The zero-order valence-corrected chi connectivity index (χ0v) is 16.3. The molecule has 142 valence electrons. The highest BCUT2D eigenvalue weighted by Crippen LogP contribution is 2.27. The first kappa shape index (κ1) is 19.6. The van der Waals surface area contributed by atoms with E-state index in [1.165, 1.54) is 0 Å². The summed E-state index contributed by atoms with van der Waals surface area (Å²) < 4.78 is 16.4. The molecule has 1 aromatic carbocycles. The number of aliphatic imine (C=N–C) groups is 1. The van der Waals surface area contributed by atoms with Gasteiger partial charge in [-0.25, -0.2) is 4.98 Å². The zero-order chi connectivity index (χ0) is 19.2. The van der Waals surface area contributed by atoms with Crippen LogP contribution in [0.25, 0.3) is 0 Å². The topological polar surface area (TPSA) is 80.9 Å². The van der Waals surface area contributed by atoms with Crippen LogP contribution in [-0.4, -0.2) is 32.2 Å². The van der Waals surface area contributed by atoms with Gasteiger partial charge >= 0.3 is 0 Å². The Morgan fingerprint density at radius 1 is 1.12 bits per heavy atom. The van der Waals surface area contributed by atoms with E-state index < -0.39 is 0 Å². The summed E-state index contributed by atoms with van der Waals surface area (Å²) in [6.45, 7) is 7.33. The van der Waals surface area contributed by atoms with Crippen molar-refractivity contribution in [3.8, 4) is 11.5 Å². The van der Waals surface area contributed by atoms with Crippen molar-refractivity contribution < 1.29 is 13.9 Å². The number of rotatable bonds is 6. The SMILES string of the molecule is CN=C(NCc1ccc(OC)c(OC)c1)NCc1ncc(C(C)(C)C)o1. The van der Waals surface area contributed by atoms with Gasteiger partial charge in [-0.1, -0.05) is 26.8 Å². The largest absolute Gasteiger partial charge is 0.493 e. The highest BCUT2D eigenvalue weighted by atomic mass is 16.5. The van der Waals surface area contributed by atoms with Crippen LogP contribution in [0.4, 0.5) is 0 Å². The summed E-state index contributed by atoms with van der Waals surface area (Å²) in [6, 6.07) is 5.79. The quantitative estimate of drug-likeness (QED) is 0.609. The van der Waals surface area contributed by atoms with E-state index in [1.807, 2.05) is 18.2 Å². The predicted octanol–water partition coefficient (Wildman–Crippen LogP) is 2.85. The molecule has 0 radical (unpaired) electrons. The average Bonchev–Trinajstić information content (AvgIpc) is 3.11. The van der Waals surface area contributed by atoms with Crippen LogP contribution in [0.15, 0.2) is 33.8 Å². The highest BCUT2D eigenvalue weighted by Gasteiger charge is 2.19. The van der Waals surface area contributed by atoms with E-state index >= 15 is 0 Å². The van der Waals surface area contributed by atoms with Crippen molar-refractivity contribution in [2.45, 2.75) is 39.3 Å². The van der Waals surface area contributed by atoms with Crippen molar-refractivity contribution in [3.05, 3.63) is 41.6 Å². The first-order chi connectivity index (χ1) is 12.4. The van der Waals surface area contributed by atoms with Crippen molar-refractivity contribution in [2.24, 2.45) is 4.99 Å². The summed E-state index contributed by atoms with van der Waals surface area (Å²) >= 11 is 0. The number of hydrogen-bond donors (Lipinski definition) is 2. The van der Waals surface area contributed by atoms with Gasteiger partial charge in [-0.2, -0.15) is 0 Å². The molecule has 0 aliphatic heterocycles. The number of benzene rings is 1. The van der Waals surface area contributed by atoms with Gasteiger partial charge in [0.2, 0.25) is 5.89 Å². The molecule has 2 aromatic rings. The van der Waals surface area contributed by atoms with Gasteiger partial charge in [-0.15, -0.1) is 0 Å². The van der Waals surface area contributed by atoms with Gasteiger partial charge in [-0.3, -0.25) is 4.99 Å². The number of ether oxygens (including phenoxy) is 2. The third-order valence-corrected chi connectivity index (χ3v) is 3.83. The van der Waals surface area contributed by atoms with Crippen molar-refractivity contribution >= 4 is 5.96 Å². The maximum Gasteiger partial charge on any atom is 0.213 e. The number of aromatic nitrogens is 1. The lowest BCUT2D eigenvalue weighted by Gasteiger charge is -2.14. The smallest absolute Gasteiger partial charge is 0.213 e. The van der Waals surface area contributed by atoms with E-state index in [1.54, 1.807) is 27.5 Å². The Kier molecular flexibility index (Phi) is 6.49. The molecule has 0 fully saturated rings. The molecule has 0 spiro atoms. The number of nitrogens with zero attached hydrogens (tertiary/aromatic N) is 2. The second kappa shape index (κ2) is 8.60. The summed E-state index contributed by atoms with van der Waals surface area (Å²) in [6.07, 6.45) is 1.77. The molecule has 0 saturated carbocycles. The molecule has 7 heteroatoms. The van der Waals surface area contributed by atoms with E-state index in [9.17, 15) is 0 Å². The molecule has 0 unspecified atom stereocenters. The molecule has 0 amide bonds. The number of guanidine groups is 1. The molecule has 2 N–H and O–H groups in total. The molecule has 0 aliphatic carbocycles. The Bertz CT molecular complexity index is 747. The first-order valence-electron chi connectivity index (χ1n) is 8.48. The molecule has 1 aromatic heterocycles. The third kappa shape index (κ3) is 5.15. The summed E-state index contributed by atoms with van der Waals surface area (Å²) in [5, 5.41) is 6.45. The van der Waals surface area contributed by atoms with Crippen LogP contribution in [0.5, 0.6) is 11.5 Å². The normalized spacial score (nSPS) is 12.0. The molecular formula is C19H28N4O3. The van der Waals surface area contributed by atoms with Crippen LogP contribution in [0.1, 0.15) is 38.0 Å². The standard InChI is InChI=1S/C19H28N4O3/c1-19(2,3)16-11-21-17(26-16)12-23-18(20-4)22-10-13-7-8-14(24-5)15(9-13)25-6/h7-9,11H,10,12H2,1-6H3,(H2,20,22,23). The van der Waals surface area contributed by atoms with Gasteiger partial charge in [0, 0.05) is 19.0 Å². The number of nitrogens with one attached hydrogen (secondary N) is 2. The van der Waals surface area contributed by atoms with Gasteiger partial charge in [0.1, 0.15) is 5.76 Å². The lowest BCUT2D eigenvalue weighted by Crippen LogP contribution is -2.36. The molecule has 0 atom stereocenters. The van der Waals surface area contributed by atoms with E-state index in [4.69, 9.17) is 13.9 Å². The second-order valence-corrected chi connectivity index (χ2v) is 6.84. The number of oxazole rings is 1. The minimum Gasteiger partial charge on any atom is -0.493 e. The molecule has 7 nitrogen and oxygen atoms in total. The molecule has 1 heterocycles. The number of hydrogen-bond acceptors (Lipinski definition) is 5. The van der Waals surface area contributed by atoms with Crippen molar-refractivity contribution in [1.29, 1.82) is 0 Å². The zero-order valence-electron chi connectivity index (χ0n) is 16.3. The maximum absolute atomic E-state index is 5.77. The molecule has 2 rings (SSSR count). The fourth-order valence-corrected chi connectivity index (χ4v) is 2.30. The Morgan fingerprint density at radius 3 is 2.38 bits per heavy atom. The van der Waals surface area contributed by atoms with E-state index in [-0.39, 0.29) is 5.41 Å². The lowest BCUT2D eigenvalue weighted by molar-refractivity contribution is 0.354. The van der Waals surface area contributed by atoms with Crippen LogP contribution in [-0.2, 0) is 18.5 Å². The van der Waals surface area contributed by atoms with E-state index in [0.717, 1.165) is 11.3 Å². The third-order valence-electron chi connectivity index (χ3n) is 3.83. The monoisotopic (exact) mass is 360 g/mol. The van der Waals surface area contributed by atoms with Crippen LogP contribution < -0.4 is 20.1 Å². The first-order valence-corrected chi connectivity index (χ1v) is 8.48. The van der Waals surface area contributed by atoms with Gasteiger partial charge in [0.15, 0.2) is 17.5 Å². The number of methoxy groups -OCH3 is 2. The van der Waals surface area contributed by atoms with Gasteiger partial charge in [0.05, 0.1) is 27.0 Å². The van der Waals surface area contributed by atoms with Crippen molar-refractivity contribution in [1.82, 2.24) is 15.6 Å².